The highest BCUT2D eigenvalue weighted by atomic mass is 32.1. The minimum atomic E-state index is -0.220. The van der Waals surface area contributed by atoms with Crippen molar-refractivity contribution in [2.24, 2.45) is 0 Å². The number of rotatable bonds is 4. The van der Waals surface area contributed by atoms with Crippen LogP contribution in [-0.2, 0) is 0 Å². The fourth-order valence-electron chi connectivity index (χ4n) is 1.16. The number of carbonyl (C=O) groups is 1. The van der Waals surface area contributed by atoms with E-state index < -0.39 is 0 Å². The summed E-state index contributed by atoms with van der Waals surface area (Å²) in [6.45, 7) is 3.58. The lowest BCUT2D eigenvalue weighted by Gasteiger charge is -2.12. The van der Waals surface area contributed by atoms with Crippen molar-refractivity contribution in [3.63, 3.8) is 0 Å². The highest BCUT2D eigenvalue weighted by molar-refractivity contribution is 7.17. The molecule has 1 atom stereocenters. The third kappa shape index (κ3) is 2.90. The van der Waals surface area contributed by atoms with Crippen LogP contribution in [0.15, 0.2) is 0 Å². The molecular formula is C9H15N3O2S. The number of hydrogen-bond donors (Lipinski definition) is 3. The smallest absolute Gasteiger partial charge is 0.263 e. The average molecular weight is 229 g/mol. The van der Waals surface area contributed by atoms with Crippen molar-refractivity contribution in [3.8, 4) is 0 Å². The van der Waals surface area contributed by atoms with E-state index in [1.54, 1.807) is 6.92 Å². The van der Waals surface area contributed by atoms with Crippen molar-refractivity contribution >= 4 is 22.4 Å². The molecule has 1 rings (SSSR count). The maximum absolute atomic E-state index is 11.7. The quantitative estimate of drug-likeness (QED) is 0.703. The fraction of sp³-hybridized carbons (Fsp3) is 0.556. The number of carbonyl (C=O) groups excluding carboxylic acids is 1. The molecule has 0 saturated carbocycles. The van der Waals surface area contributed by atoms with Crippen LogP contribution in [0.5, 0.6) is 0 Å². The first kappa shape index (κ1) is 11.9. The zero-order valence-corrected chi connectivity index (χ0v) is 9.60. The number of aliphatic hydroxyl groups excluding tert-OH is 1. The first-order chi connectivity index (χ1) is 7.08. The fourth-order valence-corrected chi connectivity index (χ4v) is 1.89. The minimum absolute atomic E-state index is 0.0599. The lowest BCUT2D eigenvalue weighted by Crippen LogP contribution is -2.36. The predicted octanol–water partition coefficient (Wildman–Crippen LogP) is 0.534. The molecule has 0 spiro atoms. The van der Waals surface area contributed by atoms with Gasteiger partial charge < -0.3 is 16.2 Å². The monoisotopic (exact) mass is 229 g/mol. The van der Waals surface area contributed by atoms with Gasteiger partial charge in [0.1, 0.15) is 4.88 Å². The highest BCUT2D eigenvalue weighted by Crippen LogP contribution is 2.19. The van der Waals surface area contributed by atoms with Crippen molar-refractivity contribution in [2.45, 2.75) is 26.3 Å². The van der Waals surface area contributed by atoms with E-state index in [1.807, 2.05) is 6.92 Å². The molecule has 84 valence electrons. The summed E-state index contributed by atoms with van der Waals surface area (Å²) in [6.07, 6.45) is 0.690. The number of nitrogens with zero attached hydrogens (tertiary/aromatic N) is 1. The van der Waals surface area contributed by atoms with Gasteiger partial charge in [0.2, 0.25) is 0 Å². The second-order valence-electron chi connectivity index (χ2n) is 3.23. The van der Waals surface area contributed by atoms with Gasteiger partial charge in [0.05, 0.1) is 18.3 Å². The molecule has 5 nitrogen and oxygen atoms in total. The summed E-state index contributed by atoms with van der Waals surface area (Å²) in [6, 6.07) is -0.208. The molecule has 0 radical (unpaired) electrons. The van der Waals surface area contributed by atoms with Crippen LogP contribution >= 0.6 is 11.3 Å². The van der Waals surface area contributed by atoms with Gasteiger partial charge in [0, 0.05) is 0 Å². The number of thiazole rings is 1. The number of anilines is 1. The van der Waals surface area contributed by atoms with Gasteiger partial charge in [-0.1, -0.05) is 18.3 Å². The highest BCUT2D eigenvalue weighted by Gasteiger charge is 2.16. The van der Waals surface area contributed by atoms with Crippen molar-refractivity contribution in [3.05, 3.63) is 10.6 Å². The summed E-state index contributed by atoms with van der Waals surface area (Å²) in [5.41, 5.74) is 6.12. The van der Waals surface area contributed by atoms with Crippen LogP contribution < -0.4 is 11.1 Å². The van der Waals surface area contributed by atoms with Gasteiger partial charge in [-0.05, 0) is 13.3 Å². The topological polar surface area (TPSA) is 88.2 Å². The van der Waals surface area contributed by atoms with Gasteiger partial charge in [-0.15, -0.1) is 0 Å². The number of nitrogens with one attached hydrogen (secondary N) is 1. The molecule has 1 heterocycles. The maximum atomic E-state index is 11.7. The summed E-state index contributed by atoms with van der Waals surface area (Å²) in [5, 5.41) is 12.0. The molecule has 1 aromatic rings. The van der Waals surface area contributed by atoms with Gasteiger partial charge in [-0.2, -0.15) is 0 Å². The second-order valence-corrected chi connectivity index (χ2v) is 4.26. The molecule has 1 amide bonds. The number of nitrogen functional groups attached to an aromatic ring is 1. The van der Waals surface area contributed by atoms with Crippen LogP contribution in [0.25, 0.3) is 0 Å². The van der Waals surface area contributed by atoms with Crippen molar-refractivity contribution < 1.29 is 9.90 Å². The molecule has 6 heteroatoms. The van der Waals surface area contributed by atoms with Crippen LogP contribution in [0.2, 0.25) is 0 Å². The zero-order valence-electron chi connectivity index (χ0n) is 8.78. The lowest BCUT2D eigenvalue weighted by atomic mass is 10.2. The van der Waals surface area contributed by atoms with E-state index in [1.165, 1.54) is 0 Å². The van der Waals surface area contributed by atoms with E-state index in [4.69, 9.17) is 10.8 Å². The molecule has 0 aliphatic carbocycles. The Morgan fingerprint density at radius 1 is 1.73 bits per heavy atom. The first-order valence-corrected chi connectivity index (χ1v) is 5.54. The Bertz CT molecular complexity index is 347. The summed E-state index contributed by atoms with van der Waals surface area (Å²) in [4.78, 5) is 16.2. The standard InChI is InChI=1S/C9H15N3O2S/c1-3-6(4-13)12-8(14)7-5(2)11-9(10)15-7/h6,13H,3-4H2,1-2H3,(H2,10,11)(H,12,14)/t6-/m1/s1. The number of nitrogens with two attached hydrogens (primary N) is 1. The minimum Gasteiger partial charge on any atom is -0.394 e. The van der Waals surface area contributed by atoms with Crippen molar-refractivity contribution in [2.75, 3.05) is 12.3 Å². The summed E-state index contributed by atoms with van der Waals surface area (Å²) >= 11 is 1.16. The summed E-state index contributed by atoms with van der Waals surface area (Å²) < 4.78 is 0. The van der Waals surface area contributed by atoms with Crippen LogP contribution in [0.4, 0.5) is 5.13 Å². The number of aryl methyl sites for hydroxylation is 1. The molecule has 4 N–H and O–H groups in total. The molecule has 0 saturated heterocycles. The van der Waals surface area contributed by atoms with Crippen LogP contribution in [0.3, 0.4) is 0 Å². The molecule has 0 bridgehead atoms. The normalized spacial score (nSPS) is 12.5. The van der Waals surface area contributed by atoms with E-state index in [-0.39, 0.29) is 18.6 Å². The molecule has 0 fully saturated rings. The Labute approximate surface area is 92.3 Å². The lowest BCUT2D eigenvalue weighted by molar-refractivity contribution is 0.0918. The van der Waals surface area contributed by atoms with Gasteiger partial charge >= 0.3 is 0 Å². The number of aromatic nitrogens is 1. The van der Waals surface area contributed by atoms with Crippen molar-refractivity contribution in [1.82, 2.24) is 10.3 Å². The third-order valence-corrected chi connectivity index (χ3v) is 3.05. The summed E-state index contributed by atoms with van der Waals surface area (Å²) in [7, 11) is 0. The number of hydrogen-bond acceptors (Lipinski definition) is 5. The van der Waals surface area contributed by atoms with E-state index in [0.29, 0.717) is 22.1 Å². The maximum Gasteiger partial charge on any atom is 0.263 e. The number of aliphatic hydroxyl groups is 1. The Hall–Kier alpha value is -1.14. The molecule has 1 aromatic heterocycles. The Balaban J connectivity index is 2.72. The first-order valence-electron chi connectivity index (χ1n) is 4.73. The van der Waals surface area contributed by atoms with E-state index in [0.717, 1.165) is 11.3 Å². The molecule has 0 aliphatic rings. The predicted molar refractivity (Wildman–Crippen MR) is 59.9 cm³/mol. The van der Waals surface area contributed by atoms with Crippen LogP contribution in [0, 0.1) is 6.92 Å². The van der Waals surface area contributed by atoms with Gasteiger partial charge in [-0.3, -0.25) is 4.79 Å². The molecule has 15 heavy (non-hydrogen) atoms. The van der Waals surface area contributed by atoms with Crippen molar-refractivity contribution in [1.29, 1.82) is 0 Å². The largest absolute Gasteiger partial charge is 0.394 e. The van der Waals surface area contributed by atoms with Gasteiger partial charge in [0.15, 0.2) is 5.13 Å². The molecule has 0 aliphatic heterocycles. The zero-order chi connectivity index (χ0) is 11.4. The number of amides is 1. The SMILES string of the molecule is CC[C@H](CO)NC(=O)c1sc(N)nc1C. The molecule has 0 unspecified atom stereocenters. The Kier molecular flexibility index (Phi) is 4.05. The average Bonchev–Trinajstić information content (AvgIpc) is 2.54. The Morgan fingerprint density at radius 2 is 2.40 bits per heavy atom. The summed E-state index contributed by atoms with van der Waals surface area (Å²) in [5.74, 6) is -0.220. The van der Waals surface area contributed by atoms with E-state index in [2.05, 4.69) is 10.3 Å². The third-order valence-electron chi connectivity index (χ3n) is 2.07. The Morgan fingerprint density at radius 3 is 2.80 bits per heavy atom. The molecular weight excluding hydrogens is 214 g/mol. The van der Waals surface area contributed by atoms with E-state index in [9.17, 15) is 4.79 Å². The van der Waals surface area contributed by atoms with Gasteiger partial charge in [0.25, 0.3) is 5.91 Å². The van der Waals surface area contributed by atoms with Crippen LogP contribution in [0.1, 0.15) is 28.7 Å². The van der Waals surface area contributed by atoms with Crippen LogP contribution in [-0.4, -0.2) is 28.6 Å². The van der Waals surface area contributed by atoms with Gasteiger partial charge in [-0.25, -0.2) is 4.98 Å². The molecule has 0 aromatic carbocycles. The van der Waals surface area contributed by atoms with E-state index >= 15 is 0 Å². The second kappa shape index (κ2) is 5.09.